The highest BCUT2D eigenvalue weighted by molar-refractivity contribution is 6.36. The van der Waals surface area contributed by atoms with Gasteiger partial charge in [-0.3, -0.25) is 4.79 Å². The number of nitrogens with zero attached hydrogens (tertiary/aromatic N) is 1. The molecule has 0 fully saturated rings. The van der Waals surface area contributed by atoms with Crippen molar-refractivity contribution >= 4 is 34.8 Å². The molecule has 1 amide bonds. The minimum absolute atomic E-state index is 0.0345. The van der Waals surface area contributed by atoms with Crippen LogP contribution in [0.4, 0.5) is 10.1 Å². The molecular weight excluding hydrogens is 290 g/mol. The number of aryl methyl sites for hydroxylation is 1. The molecule has 1 heterocycles. The number of aromatic nitrogens is 1. The van der Waals surface area contributed by atoms with Gasteiger partial charge in [0.15, 0.2) is 0 Å². The summed E-state index contributed by atoms with van der Waals surface area (Å²) in [7, 11) is 0. The molecule has 1 aromatic carbocycles. The van der Waals surface area contributed by atoms with E-state index in [-0.39, 0.29) is 5.69 Å². The third-order valence-corrected chi connectivity index (χ3v) is 3.16. The molecule has 0 aliphatic rings. The van der Waals surface area contributed by atoms with Gasteiger partial charge < -0.3 is 5.32 Å². The van der Waals surface area contributed by atoms with Gasteiger partial charge >= 0.3 is 0 Å². The predicted molar refractivity (Wildman–Crippen MR) is 73.3 cm³/mol. The minimum atomic E-state index is -0.722. The van der Waals surface area contributed by atoms with Crippen LogP contribution in [-0.2, 0) is 0 Å². The number of hydrogen-bond donors (Lipinski definition) is 1. The lowest BCUT2D eigenvalue weighted by Crippen LogP contribution is -2.14. The van der Waals surface area contributed by atoms with Crippen molar-refractivity contribution in [3.63, 3.8) is 0 Å². The van der Waals surface area contributed by atoms with Crippen LogP contribution in [0.15, 0.2) is 30.3 Å². The first-order valence-electron chi connectivity index (χ1n) is 5.37. The zero-order valence-corrected chi connectivity index (χ0v) is 11.4. The molecule has 1 N–H and O–H groups in total. The summed E-state index contributed by atoms with van der Waals surface area (Å²) in [6.07, 6.45) is 0. The molecule has 2 aromatic rings. The van der Waals surface area contributed by atoms with E-state index in [0.29, 0.717) is 15.7 Å². The molecule has 0 saturated carbocycles. The van der Waals surface area contributed by atoms with Crippen molar-refractivity contribution in [3.8, 4) is 0 Å². The van der Waals surface area contributed by atoms with E-state index in [2.05, 4.69) is 10.3 Å². The van der Waals surface area contributed by atoms with Crippen LogP contribution in [0, 0.1) is 12.9 Å². The summed E-state index contributed by atoms with van der Waals surface area (Å²) in [5.74, 6) is -1.28. The third-order valence-electron chi connectivity index (χ3n) is 2.44. The zero-order chi connectivity index (χ0) is 14.0. The van der Waals surface area contributed by atoms with Gasteiger partial charge in [0, 0.05) is 5.02 Å². The molecule has 0 spiro atoms. The standard InChI is InChI=1S/C13H9Cl2FN2O/c1-7-5-9(15)11(6-8(7)14)18-13(19)10-3-2-4-12(16)17-10/h2-6H,1H3,(H,18,19). The summed E-state index contributed by atoms with van der Waals surface area (Å²) in [6.45, 7) is 1.80. The summed E-state index contributed by atoms with van der Waals surface area (Å²) in [5.41, 5.74) is 1.12. The summed E-state index contributed by atoms with van der Waals surface area (Å²) < 4.78 is 12.9. The first kappa shape index (κ1) is 13.8. The number of hydrogen-bond acceptors (Lipinski definition) is 2. The molecule has 0 radical (unpaired) electrons. The maximum atomic E-state index is 12.9. The fourth-order valence-corrected chi connectivity index (χ4v) is 1.89. The van der Waals surface area contributed by atoms with E-state index in [1.165, 1.54) is 18.2 Å². The lowest BCUT2D eigenvalue weighted by molar-refractivity contribution is 0.102. The Morgan fingerprint density at radius 3 is 2.68 bits per heavy atom. The topological polar surface area (TPSA) is 42.0 Å². The van der Waals surface area contributed by atoms with Gasteiger partial charge in [-0.2, -0.15) is 4.39 Å². The number of carbonyl (C=O) groups is 1. The van der Waals surface area contributed by atoms with E-state index in [9.17, 15) is 9.18 Å². The monoisotopic (exact) mass is 298 g/mol. The van der Waals surface area contributed by atoms with Crippen LogP contribution in [-0.4, -0.2) is 10.9 Å². The van der Waals surface area contributed by atoms with Crippen molar-refractivity contribution in [1.29, 1.82) is 0 Å². The van der Waals surface area contributed by atoms with E-state index >= 15 is 0 Å². The van der Waals surface area contributed by atoms with Gasteiger partial charge in [-0.25, -0.2) is 4.98 Å². The van der Waals surface area contributed by atoms with Crippen LogP contribution in [0.25, 0.3) is 0 Å². The number of rotatable bonds is 2. The van der Waals surface area contributed by atoms with Gasteiger partial charge in [-0.1, -0.05) is 29.3 Å². The molecule has 6 heteroatoms. The Morgan fingerprint density at radius 2 is 2.00 bits per heavy atom. The van der Waals surface area contributed by atoms with E-state index in [1.54, 1.807) is 13.0 Å². The fourth-order valence-electron chi connectivity index (χ4n) is 1.46. The van der Waals surface area contributed by atoms with Gasteiger partial charge in [-0.15, -0.1) is 0 Å². The average Bonchev–Trinajstić information content (AvgIpc) is 2.36. The number of carbonyl (C=O) groups excluding carboxylic acids is 1. The van der Waals surface area contributed by atoms with Crippen LogP contribution in [0.2, 0.25) is 10.0 Å². The Hall–Kier alpha value is -1.65. The predicted octanol–water partition coefficient (Wildman–Crippen LogP) is 4.09. The van der Waals surface area contributed by atoms with Crippen LogP contribution in [0.1, 0.15) is 16.1 Å². The van der Waals surface area contributed by atoms with E-state index in [1.807, 2.05) is 0 Å². The normalized spacial score (nSPS) is 10.3. The lowest BCUT2D eigenvalue weighted by atomic mass is 10.2. The van der Waals surface area contributed by atoms with E-state index < -0.39 is 11.9 Å². The summed E-state index contributed by atoms with van der Waals surface area (Å²) in [4.78, 5) is 15.4. The average molecular weight is 299 g/mol. The molecule has 0 unspecified atom stereocenters. The molecular formula is C13H9Cl2FN2O. The van der Waals surface area contributed by atoms with E-state index in [0.717, 1.165) is 11.6 Å². The summed E-state index contributed by atoms with van der Waals surface area (Å²) >= 11 is 12.0. The van der Waals surface area contributed by atoms with Crippen molar-refractivity contribution in [1.82, 2.24) is 4.98 Å². The molecule has 0 aliphatic carbocycles. The van der Waals surface area contributed by atoms with Crippen molar-refractivity contribution in [2.45, 2.75) is 6.92 Å². The molecule has 0 bridgehead atoms. The van der Waals surface area contributed by atoms with Crippen molar-refractivity contribution in [2.75, 3.05) is 5.32 Å². The number of nitrogens with one attached hydrogen (secondary N) is 1. The Morgan fingerprint density at radius 1 is 1.26 bits per heavy atom. The molecule has 19 heavy (non-hydrogen) atoms. The summed E-state index contributed by atoms with van der Waals surface area (Å²) in [6, 6.07) is 7.14. The van der Waals surface area contributed by atoms with Gasteiger partial charge in [-0.05, 0) is 36.8 Å². The molecule has 0 saturated heterocycles. The first-order chi connectivity index (χ1) is 8.97. The van der Waals surface area contributed by atoms with Gasteiger partial charge in [0.1, 0.15) is 5.69 Å². The number of halogens is 3. The molecule has 0 aliphatic heterocycles. The van der Waals surface area contributed by atoms with E-state index in [4.69, 9.17) is 23.2 Å². The van der Waals surface area contributed by atoms with Crippen molar-refractivity contribution in [2.24, 2.45) is 0 Å². The number of pyridine rings is 1. The highest BCUT2D eigenvalue weighted by Crippen LogP contribution is 2.29. The SMILES string of the molecule is Cc1cc(Cl)c(NC(=O)c2cccc(F)n2)cc1Cl. The second kappa shape index (κ2) is 5.55. The maximum Gasteiger partial charge on any atom is 0.274 e. The van der Waals surface area contributed by atoms with Crippen LogP contribution in [0.5, 0.6) is 0 Å². The van der Waals surface area contributed by atoms with Crippen LogP contribution in [0.3, 0.4) is 0 Å². The Balaban J connectivity index is 2.27. The Bertz CT molecular complexity index is 647. The van der Waals surface area contributed by atoms with Gasteiger partial charge in [0.2, 0.25) is 5.95 Å². The molecule has 3 nitrogen and oxygen atoms in total. The van der Waals surface area contributed by atoms with Gasteiger partial charge in [0.05, 0.1) is 10.7 Å². The van der Waals surface area contributed by atoms with Crippen LogP contribution >= 0.6 is 23.2 Å². The number of anilines is 1. The summed E-state index contributed by atoms with van der Waals surface area (Å²) in [5, 5.41) is 3.37. The lowest BCUT2D eigenvalue weighted by Gasteiger charge is -2.09. The second-order valence-corrected chi connectivity index (χ2v) is 4.70. The molecule has 0 atom stereocenters. The van der Waals surface area contributed by atoms with Gasteiger partial charge in [0.25, 0.3) is 5.91 Å². The maximum absolute atomic E-state index is 12.9. The minimum Gasteiger partial charge on any atom is -0.319 e. The highest BCUT2D eigenvalue weighted by Gasteiger charge is 2.12. The largest absolute Gasteiger partial charge is 0.319 e. The first-order valence-corrected chi connectivity index (χ1v) is 6.12. The highest BCUT2D eigenvalue weighted by atomic mass is 35.5. The third kappa shape index (κ3) is 3.22. The van der Waals surface area contributed by atoms with Crippen molar-refractivity contribution in [3.05, 3.63) is 57.6 Å². The molecule has 2 rings (SSSR count). The second-order valence-electron chi connectivity index (χ2n) is 3.88. The molecule has 1 aromatic heterocycles. The Labute approximate surface area is 119 Å². The number of amides is 1. The van der Waals surface area contributed by atoms with Crippen molar-refractivity contribution < 1.29 is 9.18 Å². The zero-order valence-electron chi connectivity index (χ0n) is 9.88. The van der Waals surface area contributed by atoms with Crippen LogP contribution < -0.4 is 5.32 Å². The fraction of sp³-hybridized carbons (Fsp3) is 0.0769. The number of benzene rings is 1. The quantitative estimate of drug-likeness (QED) is 0.849. The Kier molecular flexibility index (Phi) is 4.02. The smallest absolute Gasteiger partial charge is 0.274 e. The molecule has 98 valence electrons.